The third-order valence-electron chi connectivity index (χ3n) is 3.55. The molecule has 0 aliphatic heterocycles. The molecular weight excluding hydrogens is 248 g/mol. The lowest BCUT2D eigenvalue weighted by Crippen LogP contribution is -2.14. The van der Waals surface area contributed by atoms with Gasteiger partial charge in [-0.2, -0.15) is 0 Å². The summed E-state index contributed by atoms with van der Waals surface area (Å²) in [4.78, 5) is 11.4. The molecule has 1 aliphatic carbocycles. The molecule has 1 unspecified atom stereocenters. The molecule has 20 heavy (non-hydrogen) atoms. The molecule has 0 heterocycles. The van der Waals surface area contributed by atoms with Crippen LogP contribution in [-0.4, -0.2) is 5.97 Å². The summed E-state index contributed by atoms with van der Waals surface area (Å²) in [5.74, 6) is -0.244. The minimum absolute atomic E-state index is 0.227. The fourth-order valence-electron chi connectivity index (χ4n) is 2.63. The largest absolute Gasteiger partial charge is 0.457 e. The molecule has 2 aromatic carbocycles. The van der Waals surface area contributed by atoms with Gasteiger partial charge in [0.15, 0.2) is 0 Å². The van der Waals surface area contributed by atoms with E-state index in [1.54, 1.807) is 0 Å². The fourth-order valence-corrected chi connectivity index (χ4v) is 2.63. The van der Waals surface area contributed by atoms with Crippen molar-refractivity contribution >= 4 is 18.1 Å². The van der Waals surface area contributed by atoms with Crippen molar-refractivity contribution in [2.45, 2.75) is 19.4 Å². The van der Waals surface area contributed by atoms with Gasteiger partial charge < -0.3 is 4.74 Å². The number of hydrogen-bond donors (Lipinski definition) is 0. The molecule has 0 fully saturated rings. The molecule has 0 N–H and O–H groups in total. The predicted molar refractivity (Wildman–Crippen MR) is 80.0 cm³/mol. The number of carbonyl (C=O) groups excluding carboxylic acids is 1. The smallest absolute Gasteiger partial charge is 0.303 e. The van der Waals surface area contributed by atoms with E-state index in [-0.39, 0.29) is 12.1 Å². The minimum Gasteiger partial charge on any atom is -0.457 e. The molecule has 0 spiro atoms. The van der Waals surface area contributed by atoms with E-state index in [1.807, 2.05) is 30.3 Å². The zero-order chi connectivity index (χ0) is 13.9. The topological polar surface area (TPSA) is 26.3 Å². The van der Waals surface area contributed by atoms with E-state index in [0.717, 1.165) is 11.1 Å². The molecule has 1 aliphatic rings. The van der Waals surface area contributed by atoms with Gasteiger partial charge in [0, 0.05) is 13.3 Å². The van der Waals surface area contributed by atoms with E-state index in [4.69, 9.17) is 4.74 Å². The van der Waals surface area contributed by atoms with Crippen molar-refractivity contribution < 1.29 is 9.53 Å². The molecule has 0 saturated heterocycles. The highest BCUT2D eigenvalue weighted by atomic mass is 16.5. The van der Waals surface area contributed by atoms with Crippen LogP contribution in [0.2, 0.25) is 0 Å². The first-order valence-electron chi connectivity index (χ1n) is 6.76. The molecule has 0 aromatic heterocycles. The third kappa shape index (κ3) is 2.50. The Hall–Kier alpha value is -2.35. The first-order valence-corrected chi connectivity index (χ1v) is 6.76. The van der Waals surface area contributed by atoms with Crippen LogP contribution in [0.25, 0.3) is 12.2 Å². The van der Waals surface area contributed by atoms with Crippen LogP contribution in [0.15, 0.2) is 48.5 Å². The second-order valence-corrected chi connectivity index (χ2v) is 4.96. The molecular formula is C18H16O2. The van der Waals surface area contributed by atoms with E-state index in [2.05, 4.69) is 30.4 Å². The summed E-state index contributed by atoms with van der Waals surface area (Å²) in [6.45, 7) is 1.46. The minimum atomic E-state index is -0.244. The summed E-state index contributed by atoms with van der Waals surface area (Å²) in [6, 6.07) is 16.3. The van der Waals surface area contributed by atoms with E-state index < -0.39 is 0 Å². The Morgan fingerprint density at radius 3 is 2.45 bits per heavy atom. The highest BCUT2D eigenvalue weighted by molar-refractivity contribution is 5.74. The molecule has 0 amide bonds. The van der Waals surface area contributed by atoms with Crippen molar-refractivity contribution in [3.8, 4) is 0 Å². The molecule has 2 heteroatoms. The van der Waals surface area contributed by atoms with Crippen molar-refractivity contribution in [3.05, 3.63) is 70.8 Å². The van der Waals surface area contributed by atoms with Gasteiger partial charge in [-0.15, -0.1) is 0 Å². The van der Waals surface area contributed by atoms with Crippen LogP contribution >= 0.6 is 0 Å². The Kier molecular flexibility index (Phi) is 3.38. The van der Waals surface area contributed by atoms with Crippen LogP contribution in [0, 0.1) is 0 Å². The maximum atomic E-state index is 11.4. The van der Waals surface area contributed by atoms with Gasteiger partial charge in [-0.3, -0.25) is 4.79 Å². The quantitative estimate of drug-likeness (QED) is 0.727. The number of rotatable bonds is 1. The zero-order valence-corrected chi connectivity index (χ0v) is 11.4. The average molecular weight is 264 g/mol. The SMILES string of the molecule is CC(=O)OC1Cc2ccccc2/C=C\c2ccccc21. The number of ether oxygens (including phenoxy) is 1. The molecule has 1 atom stereocenters. The Balaban J connectivity index is 2.11. The van der Waals surface area contributed by atoms with Crippen LogP contribution in [0.5, 0.6) is 0 Å². The molecule has 0 saturated carbocycles. The van der Waals surface area contributed by atoms with Crippen molar-refractivity contribution in [3.63, 3.8) is 0 Å². The van der Waals surface area contributed by atoms with Crippen molar-refractivity contribution in [2.75, 3.05) is 0 Å². The first-order chi connectivity index (χ1) is 9.74. The average Bonchev–Trinajstić information content (AvgIpc) is 2.43. The van der Waals surface area contributed by atoms with Gasteiger partial charge >= 0.3 is 5.97 Å². The van der Waals surface area contributed by atoms with E-state index in [9.17, 15) is 4.79 Å². The number of benzene rings is 2. The maximum absolute atomic E-state index is 11.4. The summed E-state index contributed by atoms with van der Waals surface area (Å²) < 4.78 is 5.54. The molecule has 2 nitrogen and oxygen atoms in total. The van der Waals surface area contributed by atoms with Crippen LogP contribution in [0.3, 0.4) is 0 Å². The van der Waals surface area contributed by atoms with Crippen LogP contribution in [-0.2, 0) is 16.0 Å². The predicted octanol–water partition coefficient (Wildman–Crippen LogP) is 4.02. The summed E-state index contributed by atoms with van der Waals surface area (Å²) >= 11 is 0. The molecule has 0 radical (unpaired) electrons. The number of carbonyl (C=O) groups is 1. The monoisotopic (exact) mass is 264 g/mol. The summed E-state index contributed by atoms with van der Waals surface area (Å²) in [7, 11) is 0. The lowest BCUT2D eigenvalue weighted by Gasteiger charge is -2.22. The van der Waals surface area contributed by atoms with Gasteiger partial charge in [0.25, 0.3) is 0 Å². The summed E-state index contributed by atoms with van der Waals surface area (Å²) in [5, 5.41) is 0. The number of esters is 1. The van der Waals surface area contributed by atoms with Gasteiger partial charge in [0.1, 0.15) is 6.10 Å². The van der Waals surface area contributed by atoms with Gasteiger partial charge in [-0.25, -0.2) is 0 Å². The van der Waals surface area contributed by atoms with E-state index >= 15 is 0 Å². The zero-order valence-electron chi connectivity index (χ0n) is 11.4. The maximum Gasteiger partial charge on any atom is 0.303 e. The highest BCUT2D eigenvalue weighted by Crippen LogP contribution is 2.31. The van der Waals surface area contributed by atoms with E-state index in [0.29, 0.717) is 6.42 Å². The van der Waals surface area contributed by atoms with Crippen molar-refractivity contribution in [1.82, 2.24) is 0 Å². The molecule has 100 valence electrons. The van der Waals surface area contributed by atoms with Crippen LogP contribution in [0.4, 0.5) is 0 Å². The Labute approximate surface area is 118 Å². The Morgan fingerprint density at radius 2 is 1.65 bits per heavy atom. The molecule has 2 aromatic rings. The van der Waals surface area contributed by atoms with Crippen LogP contribution < -0.4 is 0 Å². The second kappa shape index (κ2) is 5.33. The standard InChI is InChI=1S/C18H16O2/c1-13(19)20-18-12-16-8-3-2-6-14(16)10-11-15-7-4-5-9-17(15)18/h2-11,18H,12H2,1H3/b11-10-. The van der Waals surface area contributed by atoms with Gasteiger partial charge in [-0.1, -0.05) is 60.7 Å². The van der Waals surface area contributed by atoms with Crippen molar-refractivity contribution in [1.29, 1.82) is 0 Å². The second-order valence-electron chi connectivity index (χ2n) is 4.96. The summed E-state index contributed by atoms with van der Waals surface area (Å²) in [6.07, 6.45) is 4.69. The van der Waals surface area contributed by atoms with Gasteiger partial charge in [-0.05, 0) is 22.3 Å². The molecule has 0 bridgehead atoms. The number of fused-ring (bicyclic) bond motifs is 2. The number of hydrogen-bond acceptors (Lipinski definition) is 2. The third-order valence-corrected chi connectivity index (χ3v) is 3.55. The van der Waals surface area contributed by atoms with Gasteiger partial charge in [0.2, 0.25) is 0 Å². The first kappa shape index (κ1) is 12.7. The Morgan fingerprint density at radius 1 is 1.00 bits per heavy atom. The highest BCUT2D eigenvalue weighted by Gasteiger charge is 2.20. The normalized spacial score (nSPS) is 18.1. The summed E-state index contributed by atoms with van der Waals surface area (Å²) in [5.41, 5.74) is 4.55. The van der Waals surface area contributed by atoms with E-state index in [1.165, 1.54) is 18.1 Å². The fraction of sp³-hybridized carbons (Fsp3) is 0.167. The lowest BCUT2D eigenvalue weighted by atomic mass is 9.91. The lowest BCUT2D eigenvalue weighted by molar-refractivity contribution is -0.146. The van der Waals surface area contributed by atoms with Crippen LogP contribution in [0.1, 0.15) is 35.3 Å². The van der Waals surface area contributed by atoms with Gasteiger partial charge in [0.05, 0.1) is 0 Å². The molecule has 3 rings (SSSR count). The van der Waals surface area contributed by atoms with Crippen molar-refractivity contribution in [2.24, 2.45) is 0 Å². The Bertz CT molecular complexity index is 671.